The van der Waals surface area contributed by atoms with Crippen molar-refractivity contribution in [2.24, 2.45) is 0 Å². The van der Waals surface area contributed by atoms with Crippen LogP contribution in [0.25, 0.3) is 0 Å². The van der Waals surface area contributed by atoms with Crippen molar-refractivity contribution >= 4 is 34.1 Å². The van der Waals surface area contributed by atoms with E-state index >= 15 is 0 Å². The fourth-order valence-corrected chi connectivity index (χ4v) is 0. The molecule has 3 nitrogen and oxygen atoms in total. The van der Waals surface area contributed by atoms with E-state index in [0.717, 1.165) is 0 Å². The Morgan fingerprint density at radius 3 is 1.71 bits per heavy atom. The highest BCUT2D eigenvalue weighted by atomic mass is 127. The van der Waals surface area contributed by atoms with Crippen molar-refractivity contribution in [2.75, 3.05) is 5.75 Å². The van der Waals surface area contributed by atoms with Gasteiger partial charge in [0.1, 0.15) is 0 Å². The predicted molar refractivity (Wildman–Crippen MR) is 37.5 cm³/mol. The molecule has 0 aliphatic rings. The van der Waals surface area contributed by atoms with Crippen molar-refractivity contribution in [3.05, 3.63) is 0 Å². The van der Waals surface area contributed by atoms with Crippen molar-refractivity contribution < 1.29 is 13.0 Å². The fourth-order valence-electron chi connectivity index (χ4n) is 0. The van der Waals surface area contributed by atoms with Gasteiger partial charge in [-0.25, -0.2) is 0 Å². The summed E-state index contributed by atoms with van der Waals surface area (Å²) in [6.07, 6.45) is 0. The molecular formula is C2H7IO3S. The number of rotatable bonds is 1. The molecule has 0 aliphatic heterocycles. The van der Waals surface area contributed by atoms with Crippen LogP contribution in [0.2, 0.25) is 0 Å². The fraction of sp³-hybridized carbons (Fsp3) is 1.00. The first-order valence-electron chi connectivity index (χ1n) is 1.51. The normalized spacial score (nSPS) is 10.0. The van der Waals surface area contributed by atoms with Crippen LogP contribution in [0.4, 0.5) is 0 Å². The van der Waals surface area contributed by atoms with E-state index in [1.54, 1.807) is 0 Å². The van der Waals surface area contributed by atoms with Gasteiger partial charge in [-0.2, -0.15) is 8.42 Å². The highest BCUT2D eigenvalue weighted by Gasteiger charge is 1.93. The molecule has 0 fully saturated rings. The van der Waals surface area contributed by atoms with Crippen LogP contribution >= 0.6 is 24.0 Å². The monoisotopic (exact) mass is 238 g/mol. The van der Waals surface area contributed by atoms with Crippen LogP contribution in [0.1, 0.15) is 6.92 Å². The summed E-state index contributed by atoms with van der Waals surface area (Å²) < 4.78 is 26.9. The SMILES string of the molecule is CCS(=O)(=O)O.I. The summed E-state index contributed by atoms with van der Waals surface area (Å²) in [5, 5.41) is 0. The van der Waals surface area contributed by atoms with Gasteiger partial charge in [-0.05, 0) is 6.92 Å². The molecule has 0 saturated carbocycles. The second kappa shape index (κ2) is 3.62. The van der Waals surface area contributed by atoms with Gasteiger partial charge in [-0.3, -0.25) is 4.55 Å². The number of halogens is 1. The standard InChI is InChI=1S/C2H6O3S.HI/c1-2-6(3,4)5;/h2H2,1H3,(H,3,4,5);1H. The summed E-state index contributed by atoms with van der Waals surface area (Å²) in [6.45, 7) is 1.37. The largest absolute Gasteiger partial charge is 0.286 e. The van der Waals surface area contributed by atoms with Crippen LogP contribution in [0, 0.1) is 0 Å². The molecule has 0 unspecified atom stereocenters. The molecule has 7 heavy (non-hydrogen) atoms. The van der Waals surface area contributed by atoms with Crippen molar-refractivity contribution in [3.63, 3.8) is 0 Å². The van der Waals surface area contributed by atoms with E-state index in [4.69, 9.17) is 4.55 Å². The van der Waals surface area contributed by atoms with E-state index in [1.807, 2.05) is 0 Å². The molecule has 0 heterocycles. The van der Waals surface area contributed by atoms with Gasteiger partial charge >= 0.3 is 0 Å². The van der Waals surface area contributed by atoms with E-state index in [1.165, 1.54) is 6.92 Å². The van der Waals surface area contributed by atoms with Crippen molar-refractivity contribution in [3.8, 4) is 0 Å². The topological polar surface area (TPSA) is 54.4 Å². The van der Waals surface area contributed by atoms with Gasteiger partial charge in [0.15, 0.2) is 0 Å². The van der Waals surface area contributed by atoms with Crippen molar-refractivity contribution in [1.82, 2.24) is 0 Å². The molecule has 46 valence electrons. The Labute approximate surface area is 59.9 Å². The minimum atomic E-state index is -3.66. The Hall–Kier alpha value is 0.640. The van der Waals surface area contributed by atoms with Gasteiger partial charge in [-0.15, -0.1) is 24.0 Å². The van der Waals surface area contributed by atoms with Crippen LogP contribution in [0.15, 0.2) is 0 Å². The van der Waals surface area contributed by atoms with E-state index in [-0.39, 0.29) is 29.7 Å². The number of hydrogen-bond donors (Lipinski definition) is 1. The summed E-state index contributed by atoms with van der Waals surface area (Å²) in [5.41, 5.74) is 0. The zero-order chi connectivity index (χ0) is 5.21. The molecule has 0 aromatic heterocycles. The summed E-state index contributed by atoms with van der Waals surface area (Å²) in [5.74, 6) is -0.201. The zero-order valence-corrected chi connectivity index (χ0v) is 6.93. The highest BCUT2D eigenvalue weighted by Crippen LogP contribution is 1.74. The third-order valence-electron chi connectivity index (χ3n) is 0.365. The first-order valence-corrected chi connectivity index (χ1v) is 3.12. The van der Waals surface area contributed by atoms with E-state index in [0.29, 0.717) is 0 Å². The minimum Gasteiger partial charge on any atom is -0.286 e. The Bertz CT molecular complexity index is 115. The van der Waals surface area contributed by atoms with Gasteiger partial charge in [-0.1, -0.05) is 0 Å². The van der Waals surface area contributed by atoms with Crippen LogP contribution in [-0.4, -0.2) is 18.7 Å². The molecule has 0 bridgehead atoms. The maximum absolute atomic E-state index is 9.56. The second-order valence-electron chi connectivity index (χ2n) is 0.871. The Morgan fingerprint density at radius 2 is 1.71 bits per heavy atom. The third kappa shape index (κ3) is 10.8. The Balaban J connectivity index is 0. The van der Waals surface area contributed by atoms with Crippen molar-refractivity contribution in [2.45, 2.75) is 6.92 Å². The van der Waals surface area contributed by atoms with E-state index < -0.39 is 10.1 Å². The molecule has 0 rings (SSSR count). The third-order valence-corrected chi connectivity index (χ3v) is 1.09. The Kier molecular flexibility index (Phi) is 5.47. The summed E-state index contributed by atoms with van der Waals surface area (Å²) in [4.78, 5) is 0. The van der Waals surface area contributed by atoms with E-state index in [2.05, 4.69) is 0 Å². The molecular weight excluding hydrogens is 231 g/mol. The molecule has 0 aromatic rings. The summed E-state index contributed by atoms with van der Waals surface area (Å²) >= 11 is 0. The van der Waals surface area contributed by atoms with Crippen LogP contribution < -0.4 is 0 Å². The van der Waals surface area contributed by atoms with Crippen LogP contribution in [0.3, 0.4) is 0 Å². The predicted octanol–water partition coefficient (Wildman–Crippen LogP) is 0.512. The molecule has 5 heteroatoms. The maximum Gasteiger partial charge on any atom is 0.264 e. The van der Waals surface area contributed by atoms with E-state index in [9.17, 15) is 8.42 Å². The summed E-state index contributed by atoms with van der Waals surface area (Å²) in [6, 6.07) is 0. The molecule has 1 N–H and O–H groups in total. The first kappa shape index (κ1) is 10.6. The van der Waals surface area contributed by atoms with Gasteiger partial charge < -0.3 is 0 Å². The van der Waals surface area contributed by atoms with Gasteiger partial charge in [0.25, 0.3) is 10.1 Å². The number of hydrogen-bond acceptors (Lipinski definition) is 2. The highest BCUT2D eigenvalue weighted by molar-refractivity contribution is 14.0. The minimum absolute atomic E-state index is 0. The average Bonchev–Trinajstić information content (AvgIpc) is 1.35. The van der Waals surface area contributed by atoms with Crippen LogP contribution in [0.5, 0.6) is 0 Å². The molecule has 0 aromatic carbocycles. The maximum atomic E-state index is 9.56. The second-order valence-corrected chi connectivity index (χ2v) is 2.61. The lowest BCUT2D eigenvalue weighted by Crippen LogP contribution is -1.97. The first-order chi connectivity index (χ1) is 2.56. The summed E-state index contributed by atoms with van der Waals surface area (Å²) in [7, 11) is -3.66. The van der Waals surface area contributed by atoms with Crippen molar-refractivity contribution in [1.29, 1.82) is 0 Å². The molecule has 0 saturated heterocycles. The van der Waals surface area contributed by atoms with Crippen LogP contribution in [-0.2, 0) is 10.1 Å². The molecule has 0 radical (unpaired) electrons. The zero-order valence-electron chi connectivity index (χ0n) is 3.79. The lowest BCUT2D eigenvalue weighted by Gasteiger charge is -1.79. The quantitative estimate of drug-likeness (QED) is 0.535. The van der Waals surface area contributed by atoms with Gasteiger partial charge in [0, 0.05) is 0 Å². The molecule has 0 atom stereocenters. The van der Waals surface area contributed by atoms with Gasteiger partial charge in [0.05, 0.1) is 5.75 Å². The smallest absolute Gasteiger partial charge is 0.264 e. The lowest BCUT2D eigenvalue weighted by molar-refractivity contribution is 0.484. The molecule has 0 spiro atoms. The Morgan fingerprint density at radius 1 is 1.57 bits per heavy atom. The molecule has 0 amide bonds. The molecule has 0 aliphatic carbocycles. The van der Waals surface area contributed by atoms with Gasteiger partial charge in [0.2, 0.25) is 0 Å². The average molecular weight is 238 g/mol. The lowest BCUT2D eigenvalue weighted by atomic mass is 11.0.